The Morgan fingerprint density at radius 3 is 2.25 bits per heavy atom. The topological polar surface area (TPSA) is 67.4 Å². The Bertz CT molecular complexity index is 743. The maximum Gasteiger partial charge on any atom is 0.573 e. The number of anilines is 1. The van der Waals surface area contributed by atoms with E-state index in [4.69, 9.17) is 0 Å². The molecule has 152 valence electrons. The van der Waals surface area contributed by atoms with Crippen LogP contribution in [0.5, 0.6) is 5.75 Å². The van der Waals surface area contributed by atoms with Gasteiger partial charge in [0.25, 0.3) is 0 Å². The first-order chi connectivity index (χ1) is 13.2. The van der Waals surface area contributed by atoms with E-state index in [1.165, 1.54) is 31.4 Å². The number of benzene rings is 1. The number of alkyl halides is 3. The third-order valence-corrected chi connectivity index (χ3v) is 6.28. The van der Waals surface area contributed by atoms with E-state index in [1.807, 2.05) is 0 Å². The van der Waals surface area contributed by atoms with E-state index in [2.05, 4.69) is 15.4 Å². The molecule has 0 unspecified atom stereocenters. The van der Waals surface area contributed by atoms with Gasteiger partial charge in [0.05, 0.1) is 6.54 Å². The molecule has 4 aliphatic carbocycles. The lowest BCUT2D eigenvalue weighted by atomic mass is 9.49. The van der Waals surface area contributed by atoms with Crippen LogP contribution in [0.25, 0.3) is 0 Å². The second-order valence-corrected chi connectivity index (χ2v) is 8.50. The number of hydrogen-bond donors (Lipinski definition) is 2. The Kier molecular flexibility index (Phi) is 4.75. The third kappa shape index (κ3) is 4.10. The Labute approximate surface area is 161 Å². The van der Waals surface area contributed by atoms with Crippen molar-refractivity contribution in [3.63, 3.8) is 0 Å². The maximum atomic E-state index is 12.8. The van der Waals surface area contributed by atoms with E-state index in [-0.39, 0.29) is 23.6 Å². The lowest BCUT2D eigenvalue weighted by molar-refractivity contribution is -0.274. The Hall–Kier alpha value is -2.25. The lowest BCUT2D eigenvalue weighted by Gasteiger charge is -2.55. The van der Waals surface area contributed by atoms with Gasteiger partial charge in [-0.2, -0.15) is 0 Å². The van der Waals surface area contributed by atoms with E-state index in [0.717, 1.165) is 31.4 Å². The van der Waals surface area contributed by atoms with Gasteiger partial charge in [-0.1, -0.05) is 6.07 Å². The fourth-order valence-electron chi connectivity index (χ4n) is 5.71. The summed E-state index contributed by atoms with van der Waals surface area (Å²) in [7, 11) is 0. The van der Waals surface area contributed by atoms with Crippen molar-refractivity contribution >= 4 is 17.5 Å². The van der Waals surface area contributed by atoms with E-state index in [0.29, 0.717) is 17.8 Å². The SMILES string of the molecule is O=C(CNC(=O)C12CC3CC(CC(C3)C1)C2)Nc1cccc(OC(F)(F)F)c1. The summed E-state index contributed by atoms with van der Waals surface area (Å²) in [6.07, 6.45) is 1.60. The van der Waals surface area contributed by atoms with E-state index in [9.17, 15) is 22.8 Å². The van der Waals surface area contributed by atoms with Crippen molar-refractivity contribution in [3.05, 3.63) is 24.3 Å². The molecule has 0 atom stereocenters. The summed E-state index contributed by atoms with van der Waals surface area (Å²) < 4.78 is 40.7. The van der Waals surface area contributed by atoms with E-state index >= 15 is 0 Å². The van der Waals surface area contributed by atoms with Crippen molar-refractivity contribution in [2.24, 2.45) is 23.2 Å². The average Bonchev–Trinajstić information content (AvgIpc) is 2.57. The van der Waals surface area contributed by atoms with Crippen LogP contribution in [-0.2, 0) is 9.59 Å². The molecule has 0 saturated heterocycles. The minimum Gasteiger partial charge on any atom is -0.406 e. The first-order valence-electron chi connectivity index (χ1n) is 9.65. The molecule has 5 nitrogen and oxygen atoms in total. The Balaban J connectivity index is 1.31. The van der Waals surface area contributed by atoms with Gasteiger partial charge >= 0.3 is 6.36 Å². The van der Waals surface area contributed by atoms with Crippen LogP contribution in [0.2, 0.25) is 0 Å². The number of carbonyl (C=O) groups is 2. The van der Waals surface area contributed by atoms with Crippen LogP contribution < -0.4 is 15.4 Å². The maximum absolute atomic E-state index is 12.8. The third-order valence-electron chi connectivity index (χ3n) is 6.28. The summed E-state index contributed by atoms with van der Waals surface area (Å²) >= 11 is 0. The van der Waals surface area contributed by atoms with Gasteiger partial charge in [0.2, 0.25) is 11.8 Å². The summed E-state index contributed by atoms with van der Waals surface area (Å²) in [6, 6.07) is 5.05. The molecule has 2 amide bonds. The van der Waals surface area contributed by atoms with Crippen LogP contribution in [0.4, 0.5) is 18.9 Å². The first-order valence-corrected chi connectivity index (χ1v) is 9.65. The van der Waals surface area contributed by atoms with E-state index < -0.39 is 18.0 Å². The smallest absolute Gasteiger partial charge is 0.406 e. The monoisotopic (exact) mass is 396 g/mol. The number of ether oxygens (including phenoxy) is 1. The molecular formula is C20H23F3N2O3. The molecule has 2 N–H and O–H groups in total. The predicted octanol–water partition coefficient (Wildman–Crippen LogP) is 3.86. The standard InChI is InChI=1S/C20H23F3N2O3/c21-20(22,23)28-16-3-1-2-15(7-16)25-17(26)11-24-18(27)19-8-12-4-13(9-19)6-14(5-12)10-19/h1-3,7,12-14H,4-6,8-11H2,(H,24,27)(H,25,26). The molecule has 5 rings (SSSR count). The van der Waals surface area contributed by atoms with Gasteiger partial charge < -0.3 is 15.4 Å². The second-order valence-electron chi connectivity index (χ2n) is 8.50. The van der Waals surface area contributed by atoms with Gasteiger partial charge in [-0.3, -0.25) is 9.59 Å². The molecule has 4 bridgehead atoms. The quantitative estimate of drug-likeness (QED) is 0.794. The fourth-order valence-corrected chi connectivity index (χ4v) is 5.71. The molecule has 4 aliphatic rings. The van der Waals surface area contributed by atoms with Gasteiger partial charge in [0, 0.05) is 17.2 Å². The number of halogens is 3. The van der Waals surface area contributed by atoms with Gasteiger partial charge in [-0.25, -0.2) is 0 Å². The fraction of sp³-hybridized carbons (Fsp3) is 0.600. The molecule has 28 heavy (non-hydrogen) atoms. The highest BCUT2D eigenvalue weighted by Crippen LogP contribution is 2.60. The van der Waals surface area contributed by atoms with Crippen molar-refractivity contribution in [1.82, 2.24) is 5.32 Å². The normalized spacial score (nSPS) is 30.8. The van der Waals surface area contributed by atoms with Crippen molar-refractivity contribution in [1.29, 1.82) is 0 Å². The zero-order chi connectivity index (χ0) is 19.9. The summed E-state index contributed by atoms with van der Waals surface area (Å²) in [5, 5.41) is 5.25. The highest BCUT2D eigenvalue weighted by molar-refractivity contribution is 5.95. The minimum absolute atomic E-state index is 0.0593. The highest BCUT2D eigenvalue weighted by Gasteiger charge is 2.54. The number of rotatable bonds is 5. The average molecular weight is 396 g/mol. The van der Waals surface area contributed by atoms with Gasteiger partial charge in [-0.15, -0.1) is 13.2 Å². The molecule has 1 aromatic rings. The minimum atomic E-state index is -4.80. The van der Waals surface area contributed by atoms with Crippen molar-refractivity contribution < 1.29 is 27.5 Å². The second kappa shape index (κ2) is 6.97. The molecule has 0 radical (unpaired) electrons. The summed E-state index contributed by atoms with van der Waals surface area (Å²) in [6.45, 7) is -0.203. The molecule has 4 saturated carbocycles. The van der Waals surface area contributed by atoms with Crippen LogP contribution in [0.3, 0.4) is 0 Å². The van der Waals surface area contributed by atoms with Crippen LogP contribution in [0, 0.1) is 23.2 Å². The van der Waals surface area contributed by atoms with Gasteiger partial charge in [-0.05, 0) is 68.4 Å². The van der Waals surface area contributed by atoms with Crippen molar-refractivity contribution in [3.8, 4) is 5.75 Å². The zero-order valence-electron chi connectivity index (χ0n) is 15.3. The highest BCUT2D eigenvalue weighted by atomic mass is 19.4. The van der Waals surface area contributed by atoms with Crippen LogP contribution in [0.15, 0.2) is 24.3 Å². The molecule has 0 aromatic heterocycles. The molecule has 1 aromatic carbocycles. The predicted molar refractivity (Wildman–Crippen MR) is 95.4 cm³/mol. The summed E-state index contributed by atoms with van der Waals surface area (Å²) in [5.74, 6) is 0.924. The lowest BCUT2D eigenvalue weighted by Crippen LogP contribution is -2.54. The Morgan fingerprint density at radius 1 is 1.07 bits per heavy atom. The summed E-state index contributed by atoms with van der Waals surface area (Å²) in [4.78, 5) is 25.0. The van der Waals surface area contributed by atoms with Crippen molar-refractivity contribution in [2.75, 3.05) is 11.9 Å². The molecule has 4 fully saturated rings. The molecule has 0 heterocycles. The molecule has 8 heteroatoms. The number of hydrogen-bond acceptors (Lipinski definition) is 3. The molecular weight excluding hydrogens is 373 g/mol. The van der Waals surface area contributed by atoms with Crippen molar-refractivity contribution in [2.45, 2.75) is 44.9 Å². The van der Waals surface area contributed by atoms with Gasteiger partial charge in [0.1, 0.15) is 5.75 Å². The summed E-state index contributed by atoms with van der Waals surface area (Å²) in [5.41, 5.74) is -0.161. The van der Waals surface area contributed by atoms with Gasteiger partial charge in [0.15, 0.2) is 0 Å². The largest absolute Gasteiger partial charge is 0.573 e. The number of carbonyl (C=O) groups excluding carboxylic acids is 2. The zero-order valence-corrected chi connectivity index (χ0v) is 15.3. The van der Waals surface area contributed by atoms with Crippen LogP contribution in [0.1, 0.15) is 38.5 Å². The molecule has 0 spiro atoms. The number of nitrogens with one attached hydrogen (secondary N) is 2. The Morgan fingerprint density at radius 2 is 1.68 bits per heavy atom. The van der Waals surface area contributed by atoms with E-state index in [1.54, 1.807) is 0 Å². The van der Waals surface area contributed by atoms with Crippen LogP contribution in [-0.4, -0.2) is 24.7 Å². The van der Waals surface area contributed by atoms with Crippen LogP contribution >= 0.6 is 0 Å². The number of amides is 2. The first kappa shape index (κ1) is 19.1. The molecule has 0 aliphatic heterocycles.